The van der Waals surface area contributed by atoms with Gasteiger partial charge < -0.3 is 10.1 Å². The number of methoxy groups -OCH3 is 1. The third-order valence-electron chi connectivity index (χ3n) is 4.39. The Morgan fingerprint density at radius 1 is 1.18 bits per heavy atom. The van der Waals surface area contributed by atoms with Crippen LogP contribution in [-0.2, 0) is 6.42 Å². The van der Waals surface area contributed by atoms with Crippen molar-refractivity contribution >= 4 is 5.91 Å². The molecular formula is C19H21NO2. The van der Waals surface area contributed by atoms with Crippen molar-refractivity contribution in [1.82, 2.24) is 5.32 Å². The summed E-state index contributed by atoms with van der Waals surface area (Å²) in [6.45, 7) is 4.28. The fraction of sp³-hybridized carbons (Fsp3) is 0.316. The molecule has 3 nitrogen and oxygen atoms in total. The van der Waals surface area contributed by atoms with Crippen LogP contribution < -0.4 is 10.1 Å². The van der Waals surface area contributed by atoms with Gasteiger partial charge in [0.2, 0.25) is 0 Å². The van der Waals surface area contributed by atoms with Gasteiger partial charge in [0.1, 0.15) is 5.75 Å². The first kappa shape index (κ1) is 14.6. The summed E-state index contributed by atoms with van der Waals surface area (Å²) < 4.78 is 5.13. The van der Waals surface area contributed by atoms with E-state index in [1.807, 2.05) is 12.1 Å². The number of amides is 1. The molecule has 0 saturated heterocycles. The largest absolute Gasteiger partial charge is 0.497 e. The van der Waals surface area contributed by atoms with Gasteiger partial charge in [0.15, 0.2) is 0 Å². The van der Waals surface area contributed by atoms with Gasteiger partial charge in [0.05, 0.1) is 13.2 Å². The third-order valence-corrected chi connectivity index (χ3v) is 4.39. The van der Waals surface area contributed by atoms with Gasteiger partial charge in [-0.15, -0.1) is 0 Å². The molecule has 0 radical (unpaired) electrons. The lowest BCUT2D eigenvalue weighted by Crippen LogP contribution is -2.30. The van der Waals surface area contributed by atoms with E-state index in [4.69, 9.17) is 4.74 Å². The maximum atomic E-state index is 12.5. The van der Waals surface area contributed by atoms with Crippen LogP contribution in [0.2, 0.25) is 0 Å². The molecule has 1 amide bonds. The maximum absolute atomic E-state index is 12.5. The summed E-state index contributed by atoms with van der Waals surface area (Å²) in [5.41, 5.74) is 4.50. The smallest absolute Gasteiger partial charge is 0.251 e. The van der Waals surface area contributed by atoms with Gasteiger partial charge in [-0.3, -0.25) is 4.79 Å². The van der Waals surface area contributed by atoms with E-state index in [9.17, 15) is 4.79 Å². The van der Waals surface area contributed by atoms with Gasteiger partial charge in [-0.1, -0.05) is 30.7 Å². The first-order chi connectivity index (χ1) is 10.6. The van der Waals surface area contributed by atoms with Gasteiger partial charge in [0.25, 0.3) is 5.91 Å². The van der Waals surface area contributed by atoms with E-state index in [2.05, 4.69) is 37.4 Å². The Kier molecular flexibility index (Phi) is 3.88. The van der Waals surface area contributed by atoms with Crippen molar-refractivity contribution < 1.29 is 9.53 Å². The van der Waals surface area contributed by atoms with Crippen LogP contribution in [0.15, 0.2) is 42.5 Å². The number of benzene rings is 2. The van der Waals surface area contributed by atoms with E-state index in [0.717, 1.165) is 12.2 Å². The second-order valence-corrected chi connectivity index (χ2v) is 6.06. The summed E-state index contributed by atoms with van der Waals surface area (Å²) in [5.74, 6) is 1.14. The summed E-state index contributed by atoms with van der Waals surface area (Å²) in [7, 11) is 1.62. The molecule has 1 aliphatic rings. The SMILES string of the molecule is COc1ccc(C(=O)N[C@H]2c3cc(C)ccc3C[C@@H]2C)cc1. The number of aryl methyl sites for hydroxylation is 1. The van der Waals surface area contributed by atoms with E-state index >= 15 is 0 Å². The molecule has 0 heterocycles. The Balaban J connectivity index is 1.80. The summed E-state index contributed by atoms with van der Waals surface area (Å²) in [6.07, 6.45) is 1.02. The molecule has 114 valence electrons. The molecule has 2 aromatic carbocycles. The number of fused-ring (bicyclic) bond motifs is 1. The van der Waals surface area contributed by atoms with Gasteiger partial charge in [-0.2, -0.15) is 0 Å². The topological polar surface area (TPSA) is 38.3 Å². The fourth-order valence-corrected chi connectivity index (χ4v) is 3.15. The Labute approximate surface area is 131 Å². The molecule has 0 bridgehead atoms. The van der Waals surface area contributed by atoms with Gasteiger partial charge in [-0.25, -0.2) is 0 Å². The second-order valence-electron chi connectivity index (χ2n) is 6.06. The molecule has 3 rings (SSSR count). The molecular weight excluding hydrogens is 274 g/mol. The normalized spacial score (nSPS) is 19.6. The van der Waals surface area contributed by atoms with Crippen LogP contribution in [0.5, 0.6) is 5.75 Å². The summed E-state index contributed by atoms with van der Waals surface area (Å²) in [5, 5.41) is 3.19. The average Bonchev–Trinajstić information content (AvgIpc) is 2.83. The highest BCUT2D eigenvalue weighted by Crippen LogP contribution is 2.36. The molecule has 3 heteroatoms. The summed E-state index contributed by atoms with van der Waals surface area (Å²) in [6, 6.07) is 13.8. The monoisotopic (exact) mass is 295 g/mol. The molecule has 2 aromatic rings. The number of ether oxygens (including phenoxy) is 1. The summed E-state index contributed by atoms with van der Waals surface area (Å²) >= 11 is 0. The van der Waals surface area contributed by atoms with Crippen molar-refractivity contribution in [3.05, 3.63) is 64.7 Å². The highest BCUT2D eigenvalue weighted by Gasteiger charge is 2.30. The predicted molar refractivity (Wildman–Crippen MR) is 87.2 cm³/mol. The Hall–Kier alpha value is -2.29. The van der Waals surface area contributed by atoms with Crippen LogP contribution in [0, 0.1) is 12.8 Å². The third kappa shape index (κ3) is 2.71. The van der Waals surface area contributed by atoms with Crippen molar-refractivity contribution in [2.24, 2.45) is 5.92 Å². The molecule has 0 spiro atoms. The van der Waals surface area contributed by atoms with Crippen LogP contribution in [0.4, 0.5) is 0 Å². The number of rotatable bonds is 3. The first-order valence-corrected chi connectivity index (χ1v) is 7.63. The van der Waals surface area contributed by atoms with Crippen LogP contribution >= 0.6 is 0 Å². The van der Waals surface area contributed by atoms with Crippen LogP contribution in [0.25, 0.3) is 0 Å². The molecule has 2 atom stereocenters. The standard InChI is InChI=1S/C19H21NO2/c1-12-4-5-15-11-13(2)18(17(15)10-12)20-19(21)14-6-8-16(22-3)9-7-14/h4-10,13,18H,11H2,1-3H3,(H,20,21)/t13-,18+/m0/s1. The number of carbonyl (C=O) groups is 1. The molecule has 22 heavy (non-hydrogen) atoms. The highest BCUT2D eigenvalue weighted by molar-refractivity contribution is 5.94. The minimum absolute atomic E-state index is 0.0335. The zero-order valence-electron chi connectivity index (χ0n) is 13.2. The van der Waals surface area contributed by atoms with Crippen LogP contribution in [-0.4, -0.2) is 13.0 Å². The molecule has 1 N–H and O–H groups in total. The van der Waals surface area contributed by atoms with Gasteiger partial charge in [-0.05, 0) is 54.7 Å². The predicted octanol–water partition coefficient (Wildman–Crippen LogP) is 3.67. The van der Waals surface area contributed by atoms with Crippen molar-refractivity contribution in [3.63, 3.8) is 0 Å². The Morgan fingerprint density at radius 3 is 2.59 bits per heavy atom. The number of hydrogen-bond donors (Lipinski definition) is 1. The highest BCUT2D eigenvalue weighted by atomic mass is 16.5. The number of nitrogens with one attached hydrogen (secondary N) is 1. The lowest BCUT2D eigenvalue weighted by molar-refractivity contribution is 0.0927. The molecule has 0 aliphatic heterocycles. The minimum atomic E-state index is -0.0335. The van der Waals surface area contributed by atoms with E-state index in [1.165, 1.54) is 16.7 Å². The molecule has 0 saturated carbocycles. The zero-order valence-corrected chi connectivity index (χ0v) is 13.2. The Bertz CT molecular complexity index is 691. The van der Waals surface area contributed by atoms with E-state index < -0.39 is 0 Å². The fourth-order valence-electron chi connectivity index (χ4n) is 3.15. The average molecular weight is 295 g/mol. The first-order valence-electron chi connectivity index (χ1n) is 7.63. The van der Waals surface area contributed by atoms with E-state index in [1.54, 1.807) is 19.2 Å². The van der Waals surface area contributed by atoms with Crippen molar-refractivity contribution in [3.8, 4) is 5.75 Å². The van der Waals surface area contributed by atoms with Crippen molar-refractivity contribution in [1.29, 1.82) is 0 Å². The van der Waals surface area contributed by atoms with Crippen molar-refractivity contribution in [2.45, 2.75) is 26.3 Å². The lowest BCUT2D eigenvalue weighted by atomic mass is 10.0. The number of hydrogen-bond acceptors (Lipinski definition) is 2. The number of carbonyl (C=O) groups excluding carboxylic acids is 1. The van der Waals surface area contributed by atoms with Crippen molar-refractivity contribution in [2.75, 3.05) is 7.11 Å². The summed E-state index contributed by atoms with van der Waals surface area (Å²) in [4.78, 5) is 12.5. The van der Waals surface area contributed by atoms with Crippen LogP contribution in [0.1, 0.15) is 40.0 Å². The Morgan fingerprint density at radius 2 is 1.91 bits per heavy atom. The molecule has 0 aromatic heterocycles. The van der Waals surface area contributed by atoms with Crippen LogP contribution in [0.3, 0.4) is 0 Å². The second kappa shape index (κ2) is 5.84. The van der Waals surface area contributed by atoms with E-state index in [-0.39, 0.29) is 11.9 Å². The maximum Gasteiger partial charge on any atom is 0.251 e. The molecule has 0 fully saturated rings. The molecule has 0 unspecified atom stereocenters. The quantitative estimate of drug-likeness (QED) is 0.938. The van der Waals surface area contributed by atoms with Gasteiger partial charge >= 0.3 is 0 Å². The zero-order chi connectivity index (χ0) is 15.7. The van der Waals surface area contributed by atoms with Gasteiger partial charge in [0, 0.05) is 5.56 Å². The minimum Gasteiger partial charge on any atom is -0.497 e. The molecule has 1 aliphatic carbocycles. The lowest BCUT2D eigenvalue weighted by Gasteiger charge is -2.19. The van der Waals surface area contributed by atoms with E-state index in [0.29, 0.717) is 11.5 Å².